The maximum absolute atomic E-state index is 12.2. The van der Waals surface area contributed by atoms with Gasteiger partial charge in [-0.2, -0.15) is 0 Å². The van der Waals surface area contributed by atoms with Gasteiger partial charge in [-0.3, -0.25) is 4.79 Å². The number of carbonyl (C=O) groups is 1. The summed E-state index contributed by atoms with van der Waals surface area (Å²) in [4.78, 5) is 16.4. The summed E-state index contributed by atoms with van der Waals surface area (Å²) in [6, 6.07) is 15.9. The van der Waals surface area contributed by atoms with Crippen LogP contribution in [0.1, 0.15) is 17.2 Å². The molecule has 2 aromatic rings. The Labute approximate surface area is 155 Å². The summed E-state index contributed by atoms with van der Waals surface area (Å²) >= 11 is 5.88. The van der Waals surface area contributed by atoms with Crippen LogP contribution in [0.15, 0.2) is 48.5 Å². The van der Waals surface area contributed by atoms with E-state index in [1.165, 1.54) is 5.56 Å². The van der Waals surface area contributed by atoms with Crippen molar-refractivity contribution < 1.29 is 4.79 Å². The average Bonchev–Trinajstić information content (AvgIpc) is 2.57. The molecule has 0 radical (unpaired) electrons. The Morgan fingerprint density at radius 2 is 1.60 bits per heavy atom. The fraction of sp³-hybridized carbons (Fsp3) is 0.350. The summed E-state index contributed by atoms with van der Waals surface area (Å²) in [5.41, 5.74) is 3.30. The molecule has 0 bridgehead atoms. The molecule has 2 rings (SSSR count). The molecule has 0 aliphatic carbocycles. The van der Waals surface area contributed by atoms with Crippen molar-refractivity contribution in [3.05, 3.63) is 64.7 Å². The minimum atomic E-state index is 0.0130. The first-order chi connectivity index (χ1) is 11.9. The second-order valence-electron chi connectivity index (χ2n) is 6.57. The Balaban J connectivity index is 1.96. The van der Waals surface area contributed by atoms with E-state index in [1.54, 1.807) is 12.1 Å². The summed E-state index contributed by atoms with van der Waals surface area (Å²) in [6.45, 7) is 0.570. The number of halogens is 1. The Kier molecular flexibility index (Phi) is 6.85. The van der Waals surface area contributed by atoms with Gasteiger partial charge in [0.1, 0.15) is 0 Å². The molecule has 0 aliphatic heterocycles. The van der Waals surface area contributed by atoms with Crippen LogP contribution < -0.4 is 10.2 Å². The number of hydrogen-bond donors (Lipinski definition) is 1. The number of nitrogens with one attached hydrogen (secondary N) is 1. The Morgan fingerprint density at radius 3 is 2.12 bits per heavy atom. The molecule has 2 aromatic carbocycles. The van der Waals surface area contributed by atoms with E-state index in [0.29, 0.717) is 18.0 Å². The zero-order valence-corrected chi connectivity index (χ0v) is 16.0. The third-order valence-corrected chi connectivity index (χ3v) is 4.44. The molecule has 0 aliphatic rings. The van der Waals surface area contributed by atoms with Crippen molar-refractivity contribution in [2.75, 3.05) is 39.6 Å². The molecule has 1 amide bonds. The third kappa shape index (κ3) is 5.76. The van der Waals surface area contributed by atoms with Crippen molar-refractivity contribution in [2.24, 2.45) is 0 Å². The van der Waals surface area contributed by atoms with E-state index in [1.807, 2.05) is 40.3 Å². The largest absolute Gasteiger partial charge is 0.378 e. The molecule has 25 heavy (non-hydrogen) atoms. The first-order valence-corrected chi connectivity index (χ1v) is 8.69. The van der Waals surface area contributed by atoms with Gasteiger partial charge in [0.15, 0.2) is 0 Å². The molecule has 0 unspecified atom stereocenters. The average molecular weight is 360 g/mol. The number of rotatable bonds is 7. The summed E-state index contributed by atoms with van der Waals surface area (Å²) in [7, 11) is 8.09. The van der Waals surface area contributed by atoms with Gasteiger partial charge < -0.3 is 15.1 Å². The van der Waals surface area contributed by atoms with Crippen LogP contribution in [0.5, 0.6) is 0 Å². The van der Waals surface area contributed by atoms with Crippen LogP contribution in [0.2, 0.25) is 5.02 Å². The number of benzene rings is 2. The lowest BCUT2D eigenvalue weighted by Crippen LogP contribution is -2.35. The zero-order valence-electron chi connectivity index (χ0n) is 15.3. The van der Waals surface area contributed by atoms with Crippen LogP contribution in [-0.2, 0) is 11.2 Å². The normalized spacial score (nSPS) is 12.1. The van der Waals surface area contributed by atoms with Crippen molar-refractivity contribution in [1.82, 2.24) is 10.2 Å². The number of likely N-dealkylation sites (N-methyl/N-ethyl adjacent to an activating group) is 1. The highest BCUT2D eigenvalue weighted by atomic mass is 35.5. The van der Waals surface area contributed by atoms with Crippen LogP contribution in [0.3, 0.4) is 0 Å². The number of nitrogens with zero attached hydrogens (tertiary/aromatic N) is 2. The molecule has 0 fully saturated rings. The van der Waals surface area contributed by atoms with Gasteiger partial charge in [-0.05, 0) is 49.5 Å². The van der Waals surface area contributed by atoms with Crippen LogP contribution in [0.25, 0.3) is 0 Å². The first kappa shape index (κ1) is 19.3. The highest BCUT2D eigenvalue weighted by Gasteiger charge is 2.15. The summed E-state index contributed by atoms with van der Waals surface area (Å²) < 4.78 is 0. The number of anilines is 1. The highest BCUT2D eigenvalue weighted by Crippen LogP contribution is 2.21. The van der Waals surface area contributed by atoms with Gasteiger partial charge in [0.25, 0.3) is 0 Å². The predicted molar refractivity (Wildman–Crippen MR) is 105 cm³/mol. The van der Waals surface area contributed by atoms with Crippen LogP contribution >= 0.6 is 11.6 Å². The maximum Gasteiger partial charge on any atom is 0.224 e. The van der Waals surface area contributed by atoms with Gasteiger partial charge in [-0.15, -0.1) is 0 Å². The van der Waals surface area contributed by atoms with Crippen LogP contribution in [0.4, 0.5) is 5.69 Å². The van der Waals surface area contributed by atoms with Crippen molar-refractivity contribution in [3.8, 4) is 0 Å². The topological polar surface area (TPSA) is 35.6 Å². The minimum Gasteiger partial charge on any atom is -0.378 e. The van der Waals surface area contributed by atoms with Gasteiger partial charge in [-0.25, -0.2) is 0 Å². The van der Waals surface area contributed by atoms with Gasteiger partial charge in [-0.1, -0.05) is 35.9 Å². The lowest BCUT2D eigenvalue weighted by atomic mass is 10.0. The fourth-order valence-corrected chi connectivity index (χ4v) is 2.78. The molecule has 5 heteroatoms. The van der Waals surface area contributed by atoms with Gasteiger partial charge in [0.2, 0.25) is 5.91 Å². The molecule has 0 heterocycles. The highest BCUT2D eigenvalue weighted by molar-refractivity contribution is 6.30. The summed E-state index contributed by atoms with van der Waals surface area (Å²) in [6.07, 6.45) is 0.358. The Hall–Kier alpha value is -2.04. The molecule has 134 valence electrons. The standard InChI is InChI=1S/C20H26ClN3O/c1-23(2)18-11-7-16(8-12-18)19(24(3)4)14-22-20(25)13-15-5-9-17(21)10-6-15/h5-12,19H,13-14H2,1-4H3,(H,22,25)/t19-/m0/s1. The van der Waals surface area contributed by atoms with Crippen molar-refractivity contribution >= 4 is 23.2 Å². The van der Waals surface area contributed by atoms with Gasteiger partial charge in [0, 0.05) is 31.4 Å². The van der Waals surface area contributed by atoms with Crippen molar-refractivity contribution in [3.63, 3.8) is 0 Å². The molecule has 0 spiro atoms. The molecule has 0 aromatic heterocycles. The van der Waals surface area contributed by atoms with E-state index >= 15 is 0 Å². The molecular weight excluding hydrogens is 334 g/mol. The van der Waals surface area contributed by atoms with Crippen molar-refractivity contribution in [2.45, 2.75) is 12.5 Å². The van der Waals surface area contributed by atoms with Gasteiger partial charge in [0.05, 0.1) is 12.5 Å². The predicted octanol–water partition coefficient (Wildman–Crippen LogP) is 3.37. The number of hydrogen-bond acceptors (Lipinski definition) is 3. The smallest absolute Gasteiger partial charge is 0.224 e. The lowest BCUT2D eigenvalue weighted by Gasteiger charge is -2.26. The zero-order chi connectivity index (χ0) is 18.4. The van der Waals surface area contributed by atoms with Crippen LogP contribution in [-0.4, -0.2) is 45.5 Å². The van der Waals surface area contributed by atoms with Crippen molar-refractivity contribution in [1.29, 1.82) is 0 Å². The molecule has 0 saturated heterocycles. The molecule has 4 nitrogen and oxygen atoms in total. The third-order valence-electron chi connectivity index (χ3n) is 4.19. The van der Waals surface area contributed by atoms with E-state index in [0.717, 1.165) is 11.3 Å². The van der Waals surface area contributed by atoms with E-state index in [4.69, 9.17) is 11.6 Å². The Morgan fingerprint density at radius 1 is 1.00 bits per heavy atom. The van der Waals surface area contributed by atoms with E-state index < -0.39 is 0 Å². The second-order valence-corrected chi connectivity index (χ2v) is 7.01. The number of amides is 1. The molecular formula is C20H26ClN3O. The summed E-state index contributed by atoms with van der Waals surface area (Å²) in [5, 5.41) is 3.72. The van der Waals surface area contributed by atoms with Crippen LogP contribution in [0, 0.1) is 0 Å². The number of carbonyl (C=O) groups excluding carboxylic acids is 1. The summed E-state index contributed by atoms with van der Waals surface area (Å²) in [5.74, 6) is 0.0130. The van der Waals surface area contributed by atoms with E-state index in [9.17, 15) is 4.79 Å². The monoisotopic (exact) mass is 359 g/mol. The molecule has 1 atom stereocenters. The maximum atomic E-state index is 12.2. The second kappa shape index (κ2) is 8.88. The molecule has 1 N–H and O–H groups in total. The first-order valence-electron chi connectivity index (χ1n) is 8.31. The van der Waals surface area contributed by atoms with Gasteiger partial charge >= 0.3 is 0 Å². The fourth-order valence-electron chi connectivity index (χ4n) is 2.65. The molecule has 0 saturated carbocycles. The van der Waals surface area contributed by atoms with E-state index in [2.05, 4.69) is 39.4 Å². The quantitative estimate of drug-likeness (QED) is 0.823. The minimum absolute atomic E-state index is 0.0130. The Bertz CT molecular complexity index is 681. The lowest BCUT2D eigenvalue weighted by molar-refractivity contribution is -0.120. The van der Waals surface area contributed by atoms with E-state index in [-0.39, 0.29) is 11.9 Å². The SMILES string of the molecule is CN(C)c1ccc([C@H](CNC(=O)Cc2ccc(Cl)cc2)N(C)C)cc1.